The third kappa shape index (κ3) is 6.55. The van der Waals surface area contributed by atoms with E-state index in [4.69, 9.17) is 4.74 Å². The van der Waals surface area contributed by atoms with Gasteiger partial charge in [0.25, 0.3) is 5.91 Å². The topological polar surface area (TPSA) is 92.3 Å². The van der Waals surface area contributed by atoms with Crippen LogP contribution < -0.4 is 20.7 Å². The minimum Gasteiger partial charge on any atom is -0.486 e. The standard InChI is InChI=1S/C25H28N4O3S/c1-17-11-13-19(14-12-17)32-15-23-27-22(16-33-23)24(30)28-20-9-5-6-10-21(20)29-25(31)26-18-7-3-2-4-8-18/h2-4,7-8,11-14,16,20-21H,5-6,9-10,15H2,1H3,(H,28,30)(H2,26,29,31). The molecular weight excluding hydrogens is 436 g/mol. The first kappa shape index (κ1) is 22.8. The summed E-state index contributed by atoms with van der Waals surface area (Å²) in [7, 11) is 0. The van der Waals surface area contributed by atoms with Gasteiger partial charge < -0.3 is 20.7 Å². The molecule has 0 saturated heterocycles. The van der Waals surface area contributed by atoms with E-state index in [-0.39, 0.29) is 24.0 Å². The fourth-order valence-corrected chi connectivity index (χ4v) is 4.52. The number of nitrogens with zero attached hydrogens (tertiary/aromatic N) is 1. The van der Waals surface area contributed by atoms with Gasteiger partial charge in [0.15, 0.2) is 0 Å². The monoisotopic (exact) mass is 464 g/mol. The van der Waals surface area contributed by atoms with Gasteiger partial charge in [0.2, 0.25) is 0 Å². The Morgan fingerprint density at radius 1 is 1.00 bits per heavy atom. The van der Waals surface area contributed by atoms with Crippen molar-refractivity contribution in [2.75, 3.05) is 5.32 Å². The summed E-state index contributed by atoms with van der Waals surface area (Å²) < 4.78 is 5.76. The average molecular weight is 465 g/mol. The van der Waals surface area contributed by atoms with Crippen molar-refractivity contribution in [3.63, 3.8) is 0 Å². The normalized spacial score (nSPS) is 17.7. The minimum absolute atomic E-state index is 0.130. The highest BCUT2D eigenvalue weighted by Gasteiger charge is 2.28. The molecule has 0 radical (unpaired) electrons. The van der Waals surface area contributed by atoms with Crippen LogP contribution in [0.15, 0.2) is 60.0 Å². The third-order valence-corrected chi connectivity index (χ3v) is 6.42. The molecule has 0 bridgehead atoms. The van der Waals surface area contributed by atoms with Crippen molar-refractivity contribution in [2.24, 2.45) is 0 Å². The summed E-state index contributed by atoms with van der Waals surface area (Å²) in [6, 6.07) is 16.6. The van der Waals surface area contributed by atoms with Gasteiger partial charge in [-0.2, -0.15) is 0 Å². The van der Waals surface area contributed by atoms with Crippen LogP contribution in [0.25, 0.3) is 0 Å². The maximum absolute atomic E-state index is 12.8. The van der Waals surface area contributed by atoms with Gasteiger partial charge >= 0.3 is 6.03 Å². The van der Waals surface area contributed by atoms with Crippen molar-refractivity contribution in [2.45, 2.75) is 51.3 Å². The quantitative estimate of drug-likeness (QED) is 0.464. The lowest BCUT2D eigenvalue weighted by Gasteiger charge is -2.32. The number of rotatable bonds is 7. The number of urea groups is 1. The van der Waals surface area contributed by atoms with E-state index in [2.05, 4.69) is 20.9 Å². The largest absolute Gasteiger partial charge is 0.486 e. The first-order valence-electron chi connectivity index (χ1n) is 11.1. The molecule has 3 N–H and O–H groups in total. The van der Waals surface area contributed by atoms with E-state index in [0.29, 0.717) is 12.3 Å². The molecule has 3 amide bonds. The molecule has 0 aliphatic heterocycles. The number of nitrogens with one attached hydrogen (secondary N) is 3. The van der Waals surface area contributed by atoms with Gasteiger partial charge in [-0.25, -0.2) is 9.78 Å². The summed E-state index contributed by atoms with van der Waals surface area (Å²) in [5.74, 6) is 0.543. The van der Waals surface area contributed by atoms with E-state index in [1.807, 2.05) is 61.5 Å². The second kappa shape index (κ2) is 11.0. The van der Waals surface area contributed by atoms with E-state index in [1.54, 1.807) is 5.38 Å². The first-order chi connectivity index (χ1) is 16.1. The smallest absolute Gasteiger partial charge is 0.319 e. The fraction of sp³-hybridized carbons (Fsp3) is 0.320. The highest BCUT2D eigenvalue weighted by atomic mass is 32.1. The van der Waals surface area contributed by atoms with Gasteiger partial charge in [-0.15, -0.1) is 11.3 Å². The highest BCUT2D eigenvalue weighted by molar-refractivity contribution is 7.09. The number of thiazole rings is 1. The molecule has 0 spiro atoms. The molecule has 1 aliphatic rings. The van der Waals surface area contributed by atoms with E-state index in [0.717, 1.165) is 42.1 Å². The number of carbonyl (C=O) groups excluding carboxylic acids is 2. The second-order valence-corrected chi connectivity index (χ2v) is 9.11. The summed E-state index contributed by atoms with van der Waals surface area (Å²) in [4.78, 5) is 29.7. The van der Waals surface area contributed by atoms with Gasteiger partial charge in [0, 0.05) is 17.1 Å². The Balaban J connectivity index is 1.30. The number of aryl methyl sites for hydroxylation is 1. The van der Waals surface area contributed by atoms with Crippen molar-refractivity contribution >= 4 is 29.0 Å². The van der Waals surface area contributed by atoms with Gasteiger partial charge in [0.05, 0.1) is 6.04 Å². The number of hydrogen-bond acceptors (Lipinski definition) is 5. The lowest BCUT2D eigenvalue weighted by atomic mass is 9.90. The number of para-hydroxylation sites is 1. The van der Waals surface area contributed by atoms with Gasteiger partial charge in [-0.05, 0) is 44.0 Å². The van der Waals surface area contributed by atoms with E-state index in [1.165, 1.54) is 16.9 Å². The zero-order valence-electron chi connectivity index (χ0n) is 18.5. The maximum atomic E-state index is 12.8. The first-order valence-corrected chi connectivity index (χ1v) is 12.0. The molecule has 3 aromatic rings. The van der Waals surface area contributed by atoms with Crippen LogP contribution in [0.3, 0.4) is 0 Å². The molecule has 1 aliphatic carbocycles. The van der Waals surface area contributed by atoms with Crippen molar-refractivity contribution in [3.05, 3.63) is 76.2 Å². The molecule has 33 heavy (non-hydrogen) atoms. The minimum atomic E-state index is -0.267. The van der Waals surface area contributed by atoms with E-state index in [9.17, 15) is 9.59 Å². The molecule has 1 fully saturated rings. The lowest BCUT2D eigenvalue weighted by molar-refractivity contribution is 0.0911. The van der Waals surface area contributed by atoms with Crippen LogP contribution in [-0.2, 0) is 6.61 Å². The highest BCUT2D eigenvalue weighted by Crippen LogP contribution is 2.20. The number of hydrogen-bond donors (Lipinski definition) is 3. The molecule has 7 nitrogen and oxygen atoms in total. The molecule has 172 valence electrons. The van der Waals surface area contributed by atoms with Crippen LogP contribution in [0.1, 0.15) is 46.7 Å². The molecule has 8 heteroatoms. The molecule has 1 heterocycles. The predicted molar refractivity (Wildman–Crippen MR) is 130 cm³/mol. The Morgan fingerprint density at radius 3 is 2.42 bits per heavy atom. The second-order valence-electron chi connectivity index (χ2n) is 8.16. The molecular formula is C25H28N4O3S. The fourth-order valence-electron chi connectivity index (χ4n) is 3.84. The number of anilines is 1. The lowest BCUT2D eigenvalue weighted by Crippen LogP contribution is -2.54. The molecule has 1 aromatic heterocycles. The summed E-state index contributed by atoms with van der Waals surface area (Å²) in [5.41, 5.74) is 2.28. The van der Waals surface area contributed by atoms with E-state index >= 15 is 0 Å². The maximum Gasteiger partial charge on any atom is 0.319 e. The molecule has 2 atom stereocenters. The van der Waals surface area contributed by atoms with E-state index < -0.39 is 0 Å². The average Bonchev–Trinajstić information content (AvgIpc) is 3.30. The third-order valence-electron chi connectivity index (χ3n) is 5.60. The Morgan fingerprint density at radius 2 is 1.70 bits per heavy atom. The zero-order valence-corrected chi connectivity index (χ0v) is 19.4. The van der Waals surface area contributed by atoms with Crippen LogP contribution in [0, 0.1) is 6.92 Å². The Labute approximate surface area is 197 Å². The Kier molecular flexibility index (Phi) is 7.57. The number of carbonyl (C=O) groups is 2. The predicted octanol–water partition coefficient (Wildman–Crippen LogP) is 4.89. The van der Waals surface area contributed by atoms with Crippen LogP contribution in [-0.4, -0.2) is 29.0 Å². The summed E-state index contributed by atoms with van der Waals surface area (Å²) in [6.07, 6.45) is 3.66. The van der Waals surface area contributed by atoms with Gasteiger partial charge in [0.1, 0.15) is 23.1 Å². The van der Waals surface area contributed by atoms with Crippen LogP contribution >= 0.6 is 11.3 Å². The van der Waals surface area contributed by atoms with Crippen LogP contribution in [0.2, 0.25) is 0 Å². The molecule has 2 unspecified atom stereocenters. The van der Waals surface area contributed by atoms with Gasteiger partial charge in [-0.1, -0.05) is 48.7 Å². The van der Waals surface area contributed by atoms with Crippen molar-refractivity contribution in [1.29, 1.82) is 0 Å². The molecule has 2 aromatic carbocycles. The van der Waals surface area contributed by atoms with Crippen molar-refractivity contribution in [1.82, 2.24) is 15.6 Å². The zero-order chi connectivity index (χ0) is 23.0. The van der Waals surface area contributed by atoms with Crippen LogP contribution in [0.5, 0.6) is 5.75 Å². The molecule has 1 saturated carbocycles. The number of amides is 3. The molecule has 4 rings (SSSR count). The van der Waals surface area contributed by atoms with Crippen LogP contribution in [0.4, 0.5) is 10.5 Å². The number of ether oxygens (including phenoxy) is 1. The SMILES string of the molecule is Cc1ccc(OCc2nc(C(=O)NC3CCCCC3NC(=O)Nc3ccccc3)cs2)cc1. The van der Waals surface area contributed by atoms with Gasteiger partial charge in [-0.3, -0.25) is 4.79 Å². The Bertz CT molecular complexity index is 1070. The summed E-state index contributed by atoms with van der Waals surface area (Å²) >= 11 is 1.40. The number of aromatic nitrogens is 1. The number of benzene rings is 2. The van der Waals surface area contributed by atoms with Crippen molar-refractivity contribution in [3.8, 4) is 5.75 Å². The van der Waals surface area contributed by atoms with Crippen molar-refractivity contribution < 1.29 is 14.3 Å². The summed E-state index contributed by atoms with van der Waals surface area (Å²) in [5, 5.41) is 11.4. The Hall–Kier alpha value is -3.39. The summed E-state index contributed by atoms with van der Waals surface area (Å²) in [6.45, 7) is 2.34.